The fourth-order valence-electron chi connectivity index (χ4n) is 2.97. The van der Waals surface area contributed by atoms with Crippen LogP contribution >= 0.6 is 22.7 Å². The number of carbonyl (C=O) groups excluding carboxylic acids is 2. The Morgan fingerprint density at radius 3 is 2.70 bits per heavy atom. The van der Waals surface area contributed by atoms with E-state index in [0.717, 1.165) is 32.7 Å². The molecule has 1 aromatic carbocycles. The maximum Gasteiger partial charge on any atom is 0.326 e. The second kappa shape index (κ2) is 9.14. The van der Waals surface area contributed by atoms with Crippen LogP contribution < -0.4 is 4.80 Å². The van der Waals surface area contributed by atoms with Crippen molar-refractivity contribution >= 4 is 55.8 Å². The second-order valence-electron chi connectivity index (χ2n) is 6.42. The zero-order valence-electron chi connectivity index (χ0n) is 16.6. The summed E-state index contributed by atoms with van der Waals surface area (Å²) >= 11 is 2.29. The van der Waals surface area contributed by atoms with Crippen molar-refractivity contribution in [3.05, 3.63) is 61.3 Å². The van der Waals surface area contributed by atoms with E-state index in [4.69, 9.17) is 4.74 Å². The number of nitro groups is 1. The van der Waals surface area contributed by atoms with E-state index in [-0.39, 0.29) is 18.2 Å². The minimum absolute atomic E-state index is 0.00154. The lowest BCUT2D eigenvalue weighted by Gasteiger charge is -2.07. The minimum Gasteiger partial charge on any atom is -0.465 e. The summed E-state index contributed by atoms with van der Waals surface area (Å²) in [5.74, 6) is -0.933. The van der Waals surface area contributed by atoms with Gasteiger partial charge in [0.25, 0.3) is 5.91 Å². The lowest BCUT2D eigenvalue weighted by Crippen LogP contribution is -2.23. The Bertz CT molecular complexity index is 1230. The third-order valence-corrected chi connectivity index (χ3v) is 6.12. The summed E-state index contributed by atoms with van der Waals surface area (Å²) < 4.78 is 7.67. The number of aryl methyl sites for hydroxylation is 2. The Kier molecular flexibility index (Phi) is 6.58. The van der Waals surface area contributed by atoms with Crippen LogP contribution in [0.15, 0.2) is 35.3 Å². The highest BCUT2D eigenvalue weighted by Gasteiger charge is 2.14. The summed E-state index contributed by atoms with van der Waals surface area (Å²) in [6.07, 6.45) is 2.74. The molecule has 0 saturated carbocycles. The quantitative estimate of drug-likeness (QED) is 0.247. The van der Waals surface area contributed by atoms with Crippen molar-refractivity contribution in [1.82, 2.24) is 4.57 Å². The molecule has 0 fully saturated rings. The van der Waals surface area contributed by atoms with Gasteiger partial charge in [-0.3, -0.25) is 19.7 Å². The van der Waals surface area contributed by atoms with Gasteiger partial charge >= 0.3 is 11.0 Å². The van der Waals surface area contributed by atoms with E-state index in [0.29, 0.717) is 9.68 Å². The van der Waals surface area contributed by atoms with Crippen molar-refractivity contribution in [3.63, 3.8) is 0 Å². The van der Waals surface area contributed by atoms with E-state index in [1.165, 1.54) is 29.6 Å². The molecule has 0 N–H and O–H groups in total. The van der Waals surface area contributed by atoms with Crippen LogP contribution in [0.5, 0.6) is 0 Å². The van der Waals surface area contributed by atoms with E-state index in [9.17, 15) is 19.7 Å². The average Bonchev–Trinajstić information content (AvgIpc) is 3.26. The van der Waals surface area contributed by atoms with Crippen LogP contribution in [-0.4, -0.2) is 28.0 Å². The van der Waals surface area contributed by atoms with Crippen LogP contribution in [0, 0.1) is 24.0 Å². The molecular weight excluding hydrogens is 426 g/mol. The Labute approximate surface area is 179 Å². The zero-order valence-corrected chi connectivity index (χ0v) is 18.2. The van der Waals surface area contributed by atoms with E-state index in [1.807, 2.05) is 26.0 Å². The van der Waals surface area contributed by atoms with Gasteiger partial charge in [0.1, 0.15) is 6.54 Å². The van der Waals surface area contributed by atoms with Crippen LogP contribution in [0.2, 0.25) is 0 Å². The summed E-state index contributed by atoms with van der Waals surface area (Å²) in [4.78, 5) is 39.9. The lowest BCUT2D eigenvalue weighted by atomic mass is 10.1. The summed E-state index contributed by atoms with van der Waals surface area (Å²) in [7, 11) is 0. The Hall–Kier alpha value is -3.11. The molecule has 0 atom stereocenters. The first-order valence-corrected chi connectivity index (χ1v) is 10.7. The standard InChI is InChI=1S/C20H19N3O5S2/c1-4-28-18(25)11-22-19-13(3)9-12(2)10-15(19)30-20(22)21-16(24)7-5-14-6-8-17(29-14)23(26)27/h5-10H,4,11H2,1-3H3/b7-5+,21-20?. The van der Waals surface area contributed by atoms with Gasteiger partial charge < -0.3 is 9.30 Å². The zero-order chi connectivity index (χ0) is 21.8. The van der Waals surface area contributed by atoms with Crippen LogP contribution in [-0.2, 0) is 20.9 Å². The SMILES string of the molecule is CCOC(=O)Cn1c(=NC(=O)/C=C/c2ccc([N+](=O)[O-])s2)sc2cc(C)cc(C)c21. The molecule has 0 aliphatic carbocycles. The monoisotopic (exact) mass is 445 g/mol. The van der Waals surface area contributed by atoms with Crippen LogP contribution in [0.4, 0.5) is 5.00 Å². The molecule has 3 rings (SSSR count). The Morgan fingerprint density at radius 1 is 1.27 bits per heavy atom. The normalized spacial score (nSPS) is 12.0. The van der Waals surface area contributed by atoms with E-state index < -0.39 is 16.8 Å². The Balaban J connectivity index is 1.99. The highest BCUT2D eigenvalue weighted by atomic mass is 32.1. The van der Waals surface area contributed by atoms with E-state index >= 15 is 0 Å². The van der Waals surface area contributed by atoms with Crippen molar-refractivity contribution in [2.75, 3.05) is 6.61 Å². The molecule has 0 radical (unpaired) electrons. The number of hydrogen-bond acceptors (Lipinski definition) is 7. The number of carbonyl (C=O) groups is 2. The first kappa shape index (κ1) is 21.6. The molecule has 3 aromatic rings. The lowest BCUT2D eigenvalue weighted by molar-refractivity contribution is -0.380. The van der Waals surface area contributed by atoms with Crippen molar-refractivity contribution in [2.45, 2.75) is 27.3 Å². The molecule has 2 heterocycles. The number of thiophene rings is 1. The third-order valence-electron chi connectivity index (χ3n) is 4.09. The van der Waals surface area contributed by atoms with Gasteiger partial charge in [0.15, 0.2) is 4.80 Å². The molecule has 10 heteroatoms. The number of fused-ring (bicyclic) bond motifs is 1. The number of esters is 1. The smallest absolute Gasteiger partial charge is 0.326 e. The Morgan fingerprint density at radius 2 is 2.03 bits per heavy atom. The molecule has 2 aromatic heterocycles. The first-order valence-electron chi connectivity index (χ1n) is 9.05. The number of amides is 1. The van der Waals surface area contributed by atoms with Crippen molar-refractivity contribution in [2.24, 2.45) is 4.99 Å². The van der Waals surface area contributed by atoms with Gasteiger partial charge in [0, 0.05) is 17.0 Å². The highest BCUT2D eigenvalue weighted by molar-refractivity contribution is 7.16. The van der Waals surface area contributed by atoms with Crippen LogP contribution in [0.25, 0.3) is 16.3 Å². The molecule has 0 aliphatic heterocycles. The summed E-state index contributed by atoms with van der Waals surface area (Å²) in [5.41, 5.74) is 2.88. The molecule has 0 bridgehead atoms. The fraction of sp³-hybridized carbons (Fsp3) is 0.250. The van der Waals surface area contributed by atoms with Gasteiger partial charge in [-0.05, 0) is 50.1 Å². The molecular formula is C20H19N3O5S2. The summed E-state index contributed by atoms with van der Waals surface area (Å²) in [6, 6.07) is 6.94. The minimum atomic E-state index is -0.524. The predicted molar refractivity (Wildman–Crippen MR) is 116 cm³/mol. The molecule has 0 saturated heterocycles. The van der Waals surface area contributed by atoms with E-state index in [2.05, 4.69) is 4.99 Å². The van der Waals surface area contributed by atoms with Crippen LogP contribution in [0.3, 0.4) is 0 Å². The number of ether oxygens (including phenoxy) is 1. The molecule has 1 amide bonds. The molecule has 0 unspecified atom stereocenters. The van der Waals surface area contributed by atoms with Crippen LogP contribution in [0.1, 0.15) is 22.9 Å². The molecule has 8 nitrogen and oxygen atoms in total. The maximum absolute atomic E-state index is 12.4. The summed E-state index contributed by atoms with van der Waals surface area (Å²) in [5, 5.41) is 10.8. The molecule has 0 aliphatic rings. The first-order chi connectivity index (χ1) is 14.3. The fourth-order valence-corrected chi connectivity index (χ4v) is 4.91. The molecule has 30 heavy (non-hydrogen) atoms. The molecule has 0 spiro atoms. The average molecular weight is 446 g/mol. The number of rotatable bonds is 6. The number of aromatic nitrogens is 1. The number of hydrogen-bond donors (Lipinski definition) is 0. The number of benzene rings is 1. The van der Waals surface area contributed by atoms with Gasteiger partial charge in [-0.1, -0.05) is 28.7 Å². The van der Waals surface area contributed by atoms with Crippen molar-refractivity contribution < 1.29 is 19.2 Å². The third kappa shape index (κ3) is 4.89. The predicted octanol–water partition coefficient (Wildman–Crippen LogP) is 3.99. The summed E-state index contributed by atoms with van der Waals surface area (Å²) in [6.45, 7) is 5.87. The van der Waals surface area contributed by atoms with E-state index in [1.54, 1.807) is 17.6 Å². The second-order valence-corrected chi connectivity index (χ2v) is 8.52. The van der Waals surface area contributed by atoms with Crippen molar-refractivity contribution in [1.29, 1.82) is 0 Å². The largest absolute Gasteiger partial charge is 0.465 e. The number of nitrogens with zero attached hydrogens (tertiary/aromatic N) is 3. The van der Waals surface area contributed by atoms with Gasteiger partial charge in [0.05, 0.1) is 21.7 Å². The van der Waals surface area contributed by atoms with Gasteiger partial charge in [-0.2, -0.15) is 4.99 Å². The highest BCUT2D eigenvalue weighted by Crippen LogP contribution is 2.25. The number of thiazole rings is 1. The molecule has 156 valence electrons. The maximum atomic E-state index is 12.4. The van der Waals surface area contributed by atoms with Crippen molar-refractivity contribution in [3.8, 4) is 0 Å². The van der Waals surface area contributed by atoms with Gasteiger partial charge in [-0.25, -0.2) is 0 Å². The topological polar surface area (TPSA) is 104 Å². The van der Waals surface area contributed by atoms with Gasteiger partial charge in [-0.15, -0.1) is 0 Å². The van der Waals surface area contributed by atoms with Gasteiger partial charge in [0.2, 0.25) is 0 Å².